The lowest BCUT2D eigenvalue weighted by Crippen LogP contribution is -1.86. The molecule has 0 atom stereocenters. The molecule has 1 heterocycles. The molecule has 0 amide bonds. The molecule has 0 aliphatic heterocycles. The fourth-order valence-corrected chi connectivity index (χ4v) is 2.05. The average molecular weight is 290 g/mol. The van der Waals surface area contributed by atoms with Crippen molar-refractivity contribution in [3.8, 4) is 22.8 Å². The normalized spacial score (nSPS) is 10.7. The average Bonchev–Trinajstić information content (AvgIpc) is 2.88. The largest absolute Gasteiger partial charge is 0.399 e. The van der Waals surface area contributed by atoms with Crippen LogP contribution in [0.25, 0.3) is 22.8 Å². The van der Waals surface area contributed by atoms with Crippen LogP contribution >= 0.6 is 11.6 Å². The van der Waals surface area contributed by atoms with Gasteiger partial charge in [-0.3, -0.25) is 0 Å². The molecule has 2 N–H and O–H groups in total. The predicted octanol–water partition coefficient (Wildman–Crippen LogP) is 3.78. The molecule has 0 saturated carbocycles. The molecule has 0 fully saturated rings. The van der Waals surface area contributed by atoms with Gasteiger partial charge in [0.2, 0.25) is 5.82 Å². The van der Waals surface area contributed by atoms with Gasteiger partial charge in [0, 0.05) is 11.3 Å². The van der Waals surface area contributed by atoms with E-state index in [0.29, 0.717) is 27.7 Å². The zero-order chi connectivity index (χ0) is 14.1. The lowest BCUT2D eigenvalue weighted by atomic mass is 10.2. The Labute approximate surface area is 119 Å². The van der Waals surface area contributed by atoms with Crippen LogP contribution in [0.5, 0.6) is 0 Å². The number of hydrogen-bond donors (Lipinski definition) is 1. The lowest BCUT2D eigenvalue weighted by Gasteiger charge is -1.99. The van der Waals surface area contributed by atoms with E-state index >= 15 is 0 Å². The maximum absolute atomic E-state index is 13.2. The highest BCUT2D eigenvalue weighted by Gasteiger charge is 2.13. The Morgan fingerprint density at radius 3 is 2.75 bits per heavy atom. The molecule has 0 bridgehead atoms. The topological polar surface area (TPSA) is 64.9 Å². The van der Waals surface area contributed by atoms with Gasteiger partial charge >= 0.3 is 0 Å². The molecule has 0 saturated heterocycles. The summed E-state index contributed by atoms with van der Waals surface area (Å²) in [7, 11) is 0. The number of rotatable bonds is 2. The molecule has 100 valence electrons. The Balaban J connectivity index is 2.02. The SMILES string of the molecule is Nc1ccc(-c2nc(-c3cccc(F)c3)no2)c(Cl)c1. The summed E-state index contributed by atoms with van der Waals surface area (Å²) in [6, 6.07) is 10.9. The Kier molecular flexibility index (Phi) is 3.12. The van der Waals surface area contributed by atoms with Crippen molar-refractivity contribution in [2.75, 3.05) is 5.73 Å². The van der Waals surface area contributed by atoms with Crippen molar-refractivity contribution >= 4 is 17.3 Å². The third-order valence-corrected chi connectivity index (χ3v) is 3.05. The van der Waals surface area contributed by atoms with Crippen LogP contribution in [-0.4, -0.2) is 10.1 Å². The van der Waals surface area contributed by atoms with Crippen LogP contribution in [0.15, 0.2) is 47.0 Å². The molecule has 0 aliphatic carbocycles. The van der Waals surface area contributed by atoms with E-state index in [-0.39, 0.29) is 11.7 Å². The molecule has 0 aliphatic rings. The minimum Gasteiger partial charge on any atom is -0.399 e. The number of anilines is 1. The van der Waals surface area contributed by atoms with Gasteiger partial charge in [-0.1, -0.05) is 28.9 Å². The Hall–Kier alpha value is -2.40. The number of aromatic nitrogens is 2. The van der Waals surface area contributed by atoms with E-state index in [4.69, 9.17) is 21.9 Å². The second-order valence-corrected chi connectivity index (χ2v) is 4.58. The molecule has 3 aromatic rings. The minimum atomic E-state index is -0.362. The van der Waals surface area contributed by atoms with E-state index in [1.165, 1.54) is 12.1 Å². The van der Waals surface area contributed by atoms with Crippen molar-refractivity contribution in [3.05, 3.63) is 53.3 Å². The quantitative estimate of drug-likeness (QED) is 0.729. The zero-order valence-corrected chi connectivity index (χ0v) is 10.9. The second-order valence-electron chi connectivity index (χ2n) is 4.17. The highest BCUT2D eigenvalue weighted by molar-refractivity contribution is 6.33. The van der Waals surface area contributed by atoms with Gasteiger partial charge in [-0.2, -0.15) is 4.98 Å². The minimum absolute atomic E-state index is 0.259. The number of nitrogens with two attached hydrogens (primary N) is 1. The maximum Gasteiger partial charge on any atom is 0.259 e. The summed E-state index contributed by atoms with van der Waals surface area (Å²) in [5.41, 5.74) is 7.28. The van der Waals surface area contributed by atoms with Crippen molar-refractivity contribution in [1.82, 2.24) is 10.1 Å². The summed E-state index contributed by atoms with van der Waals surface area (Å²) in [5.74, 6) is 0.195. The first kappa shape index (κ1) is 12.6. The van der Waals surface area contributed by atoms with Gasteiger partial charge < -0.3 is 10.3 Å². The highest BCUT2D eigenvalue weighted by atomic mass is 35.5. The van der Waals surface area contributed by atoms with Crippen LogP contribution in [0.1, 0.15) is 0 Å². The number of nitrogen functional groups attached to an aromatic ring is 1. The van der Waals surface area contributed by atoms with Crippen molar-refractivity contribution in [1.29, 1.82) is 0 Å². The summed E-state index contributed by atoms with van der Waals surface area (Å²) >= 11 is 6.08. The van der Waals surface area contributed by atoms with E-state index < -0.39 is 0 Å². The third-order valence-electron chi connectivity index (χ3n) is 2.73. The zero-order valence-electron chi connectivity index (χ0n) is 10.2. The van der Waals surface area contributed by atoms with Crippen LogP contribution < -0.4 is 5.73 Å². The Morgan fingerprint density at radius 1 is 1.15 bits per heavy atom. The third kappa shape index (κ3) is 2.35. The Morgan fingerprint density at radius 2 is 2.00 bits per heavy atom. The van der Waals surface area contributed by atoms with E-state index in [2.05, 4.69) is 10.1 Å². The summed E-state index contributed by atoms with van der Waals surface area (Å²) in [4.78, 5) is 4.21. The van der Waals surface area contributed by atoms with Crippen molar-refractivity contribution in [2.24, 2.45) is 0 Å². The summed E-state index contributed by atoms with van der Waals surface area (Å²) < 4.78 is 18.3. The lowest BCUT2D eigenvalue weighted by molar-refractivity contribution is 0.432. The van der Waals surface area contributed by atoms with Gasteiger partial charge in [-0.15, -0.1) is 0 Å². The predicted molar refractivity (Wildman–Crippen MR) is 74.6 cm³/mol. The van der Waals surface area contributed by atoms with Crippen LogP contribution in [0, 0.1) is 5.82 Å². The number of hydrogen-bond acceptors (Lipinski definition) is 4. The van der Waals surface area contributed by atoms with E-state index in [9.17, 15) is 4.39 Å². The fraction of sp³-hybridized carbons (Fsp3) is 0. The molecule has 3 rings (SSSR count). The van der Waals surface area contributed by atoms with Crippen LogP contribution in [0.4, 0.5) is 10.1 Å². The summed E-state index contributed by atoms with van der Waals surface area (Å²) in [6.45, 7) is 0. The molecule has 0 radical (unpaired) electrons. The first-order valence-electron chi connectivity index (χ1n) is 5.78. The molecular weight excluding hydrogens is 281 g/mol. The van der Waals surface area contributed by atoms with E-state index in [1.54, 1.807) is 30.3 Å². The fourth-order valence-electron chi connectivity index (χ4n) is 1.78. The van der Waals surface area contributed by atoms with Gasteiger partial charge in [-0.25, -0.2) is 4.39 Å². The molecule has 20 heavy (non-hydrogen) atoms. The monoisotopic (exact) mass is 289 g/mol. The summed E-state index contributed by atoms with van der Waals surface area (Å²) in [6.07, 6.45) is 0. The van der Waals surface area contributed by atoms with Gasteiger partial charge in [0.25, 0.3) is 5.89 Å². The second kappa shape index (κ2) is 4.94. The molecule has 2 aromatic carbocycles. The molecule has 0 unspecified atom stereocenters. The van der Waals surface area contributed by atoms with Gasteiger partial charge in [0.1, 0.15) is 5.82 Å². The number of nitrogens with zero attached hydrogens (tertiary/aromatic N) is 2. The van der Waals surface area contributed by atoms with Crippen LogP contribution in [-0.2, 0) is 0 Å². The molecular formula is C14H9ClFN3O. The van der Waals surface area contributed by atoms with Crippen molar-refractivity contribution in [2.45, 2.75) is 0 Å². The Bertz CT molecular complexity index is 773. The van der Waals surface area contributed by atoms with Crippen LogP contribution in [0.3, 0.4) is 0 Å². The van der Waals surface area contributed by atoms with Gasteiger partial charge in [0.15, 0.2) is 0 Å². The standard InChI is InChI=1S/C14H9ClFN3O/c15-12-7-10(17)4-5-11(12)14-18-13(19-20-14)8-2-1-3-9(16)6-8/h1-7H,17H2. The number of halogens is 2. The molecule has 4 nitrogen and oxygen atoms in total. The maximum atomic E-state index is 13.2. The van der Waals surface area contributed by atoms with Crippen molar-refractivity contribution in [3.63, 3.8) is 0 Å². The molecule has 1 aromatic heterocycles. The smallest absolute Gasteiger partial charge is 0.259 e. The van der Waals surface area contributed by atoms with Gasteiger partial charge in [0.05, 0.1) is 10.6 Å². The highest BCUT2D eigenvalue weighted by Crippen LogP contribution is 2.29. The van der Waals surface area contributed by atoms with Crippen LogP contribution in [0.2, 0.25) is 5.02 Å². The van der Waals surface area contributed by atoms with Gasteiger partial charge in [-0.05, 0) is 30.3 Å². The molecule has 0 spiro atoms. The van der Waals surface area contributed by atoms with Crippen molar-refractivity contribution < 1.29 is 8.91 Å². The van der Waals surface area contributed by atoms with E-state index in [0.717, 1.165) is 0 Å². The first-order chi connectivity index (χ1) is 9.63. The van der Waals surface area contributed by atoms with E-state index in [1.807, 2.05) is 0 Å². The summed E-state index contributed by atoms with van der Waals surface area (Å²) in [5, 5.41) is 4.24. The molecule has 6 heteroatoms. The number of benzene rings is 2. The first-order valence-corrected chi connectivity index (χ1v) is 6.16.